The molecule has 0 aliphatic heterocycles. The quantitative estimate of drug-likeness (QED) is 0.241. The lowest BCUT2D eigenvalue weighted by Crippen LogP contribution is -2.31. The minimum absolute atomic E-state index is 0.172. The Morgan fingerprint density at radius 2 is 0.973 bits per heavy atom. The second-order valence-electron chi connectivity index (χ2n) is 9.56. The summed E-state index contributed by atoms with van der Waals surface area (Å²) in [6, 6.07) is 34.2. The summed E-state index contributed by atoms with van der Waals surface area (Å²) in [5.41, 5.74) is 4.76. The van der Waals surface area contributed by atoms with Crippen LogP contribution in [0, 0.1) is 0 Å². The van der Waals surface area contributed by atoms with Crippen LogP contribution in [0.25, 0.3) is 43.6 Å². The van der Waals surface area contributed by atoms with Gasteiger partial charge in [0.1, 0.15) is 6.10 Å². The smallest absolute Gasteiger partial charge is 0.101 e. The van der Waals surface area contributed by atoms with Crippen LogP contribution >= 0.6 is 0 Å². The van der Waals surface area contributed by atoms with Crippen molar-refractivity contribution in [3.05, 3.63) is 97.1 Å². The van der Waals surface area contributed by atoms with E-state index in [1.54, 1.807) is 0 Å². The fraction of sp³-hybridized carbons (Fsp3) is 0.250. The maximum absolute atomic E-state index is 10.5. The van der Waals surface area contributed by atoms with Crippen LogP contribution in [0.5, 0.6) is 0 Å². The Kier molecular flexibility index (Phi) is 6.66. The highest BCUT2D eigenvalue weighted by molar-refractivity contribution is 6.08. The molecule has 1 N–H and O–H groups in total. The van der Waals surface area contributed by atoms with E-state index in [1.165, 1.54) is 43.6 Å². The molecule has 0 fully saturated rings. The molecule has 2 aromatic heterocycles. The number of aliphatic hydroxyl groups is 1. The molecule has 1 atom stereocenters. The van der Waals surface area contributed by atoms with Gasteiger partial charge >= 0.3 is 0 Å². The zero-order chi connectivity index (χ0) is 25.2. The van der Waals surface area contributed by atoms with Gasteiger partial charge in [-0.05, 0) is 31.2 Å². The minimum Gasteiger partial charge on any atom is -0.388 e. The molecular formula is C32H32N2O3. The molecule has 0 aliphatic carbocycles. The first-order valence-electron chi connectivity index (χ1n) is 13.0. The van der Waals surface area contributed by atoms with Crippen LogP contribution in [0.15, 0.2) is 97.1 Å². The molecule has 0 saturated heterocycles. The number of para-hydroxylation sites is 4. The molecule has 6 rings (SSSR count). The first-order chi connectivity index (χ1) is 18.2. The van der Waals surface area contributed by atoms with Crippen LogP contribution in [0.2, 0.25) is 0 Å². The average molecular weight is 493 g/mol. The normalized spacial score (nSPS) is 12.9. The number of nitrogens with zero attached hydrogens (tertiary/aromatic N) is 2. The number of hydrogen-bond acceptors (Lipinski definition) is 3. The summed E-state index contributed by atoms with van der Waals surface area (Å²) >= 11 is 0. The Bertz CT molecular complexity index is 1440. The molecule has 0 bridgehead atoms. The standard InChI is InChI=1S/C32H32N2O3/c1-2-36-21-23(35)22-37-24(19-33-29-15-7-3-11-25(29)26-12-4-8-16-30(26)33)20-34-31-17-9-5-13-27(31)28-14-6-10-18-32(28)34/h3-18,23-24,35H,2,19-22H2,1H3. The molecule has 5 heteroatoms. The Labute approximate surface area is 216 Å². The first kappa shape index (κ1) is 23.7. The average Bonchev–Trinajstić information content (AvgIpc) is 3.44. The molecule has 2 heterocycles. The summed E-state index contributed by atoms with van der Waals surface area (Å²) in [6.45, 7) is 4.32. The predicted molar refractivity (Wildman–Crippen MR) is 151 cm³/mol. The largest absolute Gasteiger partial charge is 0.388 e. The van der Waals surface area contributed by atoms with E-state index < -0.39 is 6.10 Å². The lowest BCUT2D eigenvalue weighted by atomic mass is 10.2. The lowest BCUT2D eigenvalue weighted by molar-refractivity contribution is -0.0500. The van der Waals surface area contributed by atoms with Gasteiger partial charge in [-0.3, -0.25) is 0 Å². The topological polar surface area (TPSA) is 48.5 Å². The van der Waals surface area contributed by atoms with Gasteiger partial charge in [-0.25, -0.2) is 0 Å². The highest BCUT2D eigenvalue weighted by Gasteiger charge is 2.20. The minimum atomic E-state index is -0.668. The predicted octanol–water partition coefficient (Wildman–Crippen LogP) is 6.39. The van der Waals surface area contributed by atoms with Crippen molar-refractivity contribution < 1.29 is 14.6 Å². The summed E-state index contributed by atoms with van der Waals surface area (Å²) in [5, 5.41) is 15.5. The van der Waals surface area contributed by atoms with E-state index >= 15 is 0 Å². The Hall–Kier alpha value is -3.64. The van der Waals surface area contributed by atoms with Crippen molar-refractivity contribution in [1.82, 2.24) is 9.13 Å². The summed E-state index contributed by atoms with van der Waals surface area (Å²) in [5.74, 6) is 0. The molecule has 0 aliphatic rings. The van der Waals surface area contributed by atoms with Crippen molar-refractivity contribution in [2.75, 3.05) is 19.8 Å². The van der Waals surface area contributed by atoms with Crippen molar-refractivity contribution in [2.45, 2.75) is 32.2 Å². The van der Waals surface area contributed by atoms with Gasteiger partial charge in [-0.15, -0.1) is 0 Å². The monoisotopic (exact) mass is 492 g/mol. The van der Waals surface area contributed by atoms with E-state index in [1.807, 2.05) is 6.92 Å². The number of ether oxygens (including phenoxy) is 2. The number of hydrogen-bond donors (Lipinski definition) is 1. The molecule has 4 aromatic carbocycles. The SMILES string of the molecule is CCOCC(O)COC(Cn1c2ccccc2c2ccccc21)Cn1c2ccccc2c2ccccc21. The third-order valence-electron chi connectivity index (χ3n) is 7.17. The number of benzene rings is 4. The first-order valence-corrected chi connectivity index (χ1v) is 13.0. The molecular weight excluding hydrogens is 460 g/mol. The van der Waals surface area contributed by atoms with E-state index in [0.717, 1.165) is 0 Å². The molecule has 188 valence electrons. The fourth-order valence-corrected chi connectivity index (χ4v) is 5.52. The molecule has 0 radical (unpaired) electrons. The van der Waals surface area contributed by atoms with E-state index in [2.05, 4.69) is 106 Å². The molecule has 1 unspecified atom stereocenters. The molecule has 6 aromatic rings. The van der Waals surface area contributed by atoms with E-state index in [0.29, 0.717) is 19.7 Å². The van der Waals surface area contributed by atoms with Gasteiger partial charge in [0.2, 0.25) is 0 Å². The van der Waals surface area contributed by atoms with Crippen LogP contribution in [0.3, 0.4) is 0 Å². The van der Waals surface area contributed by atoms with Crippen LogP contribution in [0.4, 0.5) is 0 Å². The van der Waals surface area contributed by atoms with Crippen molar-refractivity contribution in [2.24, 2.45) is 0 Å². The summed E-state index contributed by atoms with van der Waals surface area (Å²) < 4.78 is 16.6. The zero-order valence-corrected chi connectivity index (χ0v) is 21.1. The zero-order valence-electron chi connectivity index (χ0n) is 21.1. The van der Waals surface area contributed by atoms with Gasteiger partial charge in [-0.1, -0.05) is 72.8 Å². The van der Waals surface area contributed by atoms with Gasteiger partial charge in [0.15, 0.2) is 0 Å². The molecule has 0 amide bonds. The van der Waals surface area contributed by atoms with Crippen LogP contribution in [0.1, 0.15) is 6.92 Å². The van der Waals surface area contributed by atoms with E-state index in [4.69, 9.17) is 9.47 Å². The van der Waals surface area contributed by atoms with E-state index in [-0.39, 0.29) is 19.3 Å². The molecule has 37 heavy (non-hydrogen) atoms. The fourth-order valence-electron chi connectivity index (χ4n) is 5.52. The van der Waals surface area contributed by atoms with Crippen LogP contribution < -0.4 is 0 Å². The number of rotatable bonds is 10. The molecule has 0 saturated carbocycles. The Morgan fingerprint density at radius 3 is 1.35 bits per heavy atom. The van der Waals surface area contributed by atoms with Gasteiger partial charge in [-0.2, -0.15) is 0 Å². The third-order valence-corrected chi connectivity index (χ3v) is 7.17. The maximum atomic E-state index is 10.5. The Morgan fingerprint density at radius 1 is 0.595 bits per heavy atom. The lowest BCUT2D eigenvalue weighted by Gasteiger charge is -2.23. The van der Waals surface area contributed by atoms with E-state index in [9.17, 15) is 5.11 Å². The van der Waals surface area contributed by atoms with Gasteiger partial charge in [0.25, 0.3) is 0 Å². The Balaban J connectivity index is 1.41. The number of aliphatic hydroxyl groups excluding tert-OH is 1. The highest BCUT2D eigenvalue weighted by Crippen LogP contribution is 2.31. The van der Waals surface area contributed by atoms with Crippen molar-refractivity contribution in [3.8, 4) is 0 Å². The number of aromatic nitrogens is 2. The van der Waals surface area contributed by atoms with Gasteiger partial charge in [0.05, 0.1) is 32.4 Å². The van der Waals surface area contributed by atoms with Crippen molar-refractivity contribution in [1.29, 1.82) is 0 Å². The molecule has 5 nitrogen and oxygen atoms in total. The van der Waals surface area contributed by atoms with Crippen LogP contribution in [-0.2, 0) is 22.6 Å². The second kappa shape index (κ2) is 10.4. The third kappa shape index (κ3) is 4.51. The summed E-state index contributed by atoms with van der Waals surface area (Å²) in [7, 11) is 0. The van der Waals surface area contributed by atoms with Crippen molar-refractivity contribution in [3.63, 3.8) is 0 Å². The number of fused-ring (bicyclic) bond motifs is 6. The second-order valence-corrected chi connectivity index (χ2v) is 9.56. The van der Waals surface area contributed by atoms with Crippen molar-refractivity contribution >= 4 is 43.6 Å². The maximum Gasteiger partial charge on any atom is 0.101 e. The van der Waals surface area contributed by atoms with Gasteiger partial charge in [0, 0.05) is 50.2 Å². The summed E-state index contributed by atoms with van der Waals surface area (Å²) in [4.78, 5) is 0. The summed E-state index contributed by atoms with van der Waals surface area (Å²) in [6.07, 6.45) is -0.839. The molecule has 0 spiro atoms. The highest BCUT2D eigenvalue weighted by atomic mass is 16.5. The van der Waals surface area contributed by atoms with Crippen LogP contribution in [-0.4, -0.2) is 46.3 Å². The van der Waals surface area contributed by atoms with Gasteiger partial charge < -0.3 is 23.7 Å².